The van der Waals surface area contributed by atoms with Gasteiger partial charge in [-0.2, -0.15) is 0 Å². The first-order chi connectivity index (χ1) is 16.4. The number of ether oxygens (including phenoxy) is 1. The van der Waals surface area contributed by atoms with Crippen molar-refractivity contribution in [2.45, 2.75) is 57.9 Å². The molecule has 2 amide bonds. The van der Waals surface area contributed by atoms with E-state index < -0.39 is 6.09 Å². The van der Waals surface area contributed by atoms with Gasteiger partial charge in [0.25, 0.3) is 0 Å². The van der Waals surface area contributed by atoms with E-state index in [2.05, 4.69) is 5.32 Å². The number of halogens is 2. The lowest BCUT2D eigenvalue weighted by Crippen LogP contribution is -2.39. The molecule has 2 aromatic rings. The summed E-state index contributed by atoms with van der Waals surface area (Å²) in [5.41, 5.74) is 12.5. The fraction of sp³-hybridized carbons (Fsp3) is 0.480. The number of benzene rings is 1. The lowest BCUT2D eigenvalue weighted by atomic mass is 9.90. The molecule has 0 fully saturated rings. The van der Waals surface area contributed by atoms with Crippen LogP contribution in [0.25, 0.3) is 0 Å². The van der Waals surface area contributed by atoms with Crippen LogP contribution >= 0.6 is 23.2 Å². The minimum atomic E-state index is -0.518. The molecule has 2 aliphatic rings. The Morgan fingerprint density at radius 2 is 1.91 bits per heavy atom. The second kappa shape index (κ2) is 10.8. The van der Waals surface area contributed by atoms with Gasteiger partial charge in [0.2, 0.25) is 5.91 Å². The summed E-state index contributed by atoms with van der Waals surface area (Å²) >= 11 is 12.3. The first kappa shape index (κ1) is 24.6. The van der Waals surface area contributed by atoms with Gasteiger partial charge in [-0.05, 0) is 55.9 Å². The number of hydrogen-bond donors (Lipinski definition) is 2. The van der Waals surface area contributed by atoms with Gasteiger partial charge in [-0.25, -0.2) is 4.79 Å². The fourth-order valence-electron chi connectivity index (χ4n) is 4.78. The molecule has 182 valence electrons. The number of anilines is 1. The van der Waals surface area contributed by atoms with Crippen LogP contribution in [0.1, 0.15) is 60.2 Å². The number of amides is 2. The smallest absolute Gasteiger partial charge is 0.407 e. The van der Waals surface area contributed by atoms with Gasteiger partial charge in [-0.1, -0.05) is 29.3 Å². The molecule has 1 aromatic heterocycles. The Bertz CT molecular complexity index is 1090. The highest BCUT2D eigenvalue weighted by molar-refractivity contribution is 6.42. The Balaban J connectivity index is 1.51. The number of nitrogens with two attached hydrogens (primary N) is 1. The number of aromatic nitrogens is 1. The molecule has 0 saturated heterocycles. The first-order valence-electron chi connectivity index (χ1n) is 11.8. The van der Waals surface area contributed by atoms with Gasteiger partial charge in [0, 0.05) is 61.0 Å². The summed E-state index contributed by atoms with van der Waals surface area (Å²) in [7, 11) is 0. The van der Waals surface area contributed by atoms with Crippen LogP contribution in [-0.4, -0.2) is 41.6 Å². The number of aryl methyl sites for hydroxylation is 1. The third-order valence-electron chi connectivity index (χ3n) is 6.63. The molecule has 4 rings (SSSR count). The predicted octanol–water partition coefficient (Wildman–Crippen LogP) is 4.65. The number of nitrogens with one attached hydrogen (secondary N) is 1. The number of rotatable bonds is 6. The van der Waals surface area contributed by atoms with Crippen molar-refractivity contribution in [3.8, 4) is 0 Å². The minimum Gasteiger partial charge on any atom is -0.450 e. The molecule has 9 heteroatoms. The molecule has 2 heterocycles. The summed E-state index contributed by atoms with van der Waals surface area (Å²) in [5.74, 6) is -0.295. The summed E-state index contributed by atoms with van der Waals surface area (Å²) in [6.45, 7) is 3.31. The summed E-state index contributed by atoms with van der Waals surface area (Å²) in [4.78, 5) is 32.0. The van der Waals surface area contributed by atoms with E-state index in [1.807, 2.05) is 11.0 Å². The molecule has 3 N–H and O–H groups in total. The second-order valence-corrected chi connectivity index (χ2v) is 9.64. The van der Waals surface area contributed by atoms with Crippen molar-refractivity contribution in [3.63, 3.8) is 0 Å². The Morgan fingerprint density at radius 1 is 1.15 bits per heavy atom. The number of pyridine rings is 1. The van der Waals surface area contributed by atoms with Crippen molar-refractivity contribution in [1.29, 1.82) is 0 Å². The van der Waals surface area contributed by atoms with Gasteiger partial charge < -0.3 is 20.7 Å². The summed E-state index contributed by atoms with van der Waals surface area (Å²) in [6.07, 6.45) is 4.59. The number of carbonyl (C=O) groups is 2. The van der Waals surface area contributed by atoms with E-state index in [9.17, 15) is 9.59 Å². The number of carbonyl (C=O) groups excluding carboxylic acids is 2. The third-order valence-corrected chi connectivity index (χ3v) is 7.37. The topological polar surface area (TPSA) is 97.5 Å². The zero-order chi connectivity index (χ0) is 24.2. The largest absolute Gasteiger partial charge is 0.450 e. The molecular weight excluding hydrogens is 475 g/mol. The third kappa shape index (κ3) is 5.41. The minimum absolute atomic E-state index is 0.00972. The van der Waals surface area contributed by atoms with Gasteiger partial charge in [-0.3, -0.25) is 9.78 Å². The van der Waals surface area contributed by atoms with Gasteiger partial charge in [0.15, 0.2) is 0 Å². The van der Waals surface area contributed by atoms with Crippen LogP contribution in [0.5, 0.6) is 0 Å². The van der Waals surface area contributed by atoms with Crippen LogP contribution in [0.3, 0.4) is 0 Å². The van der Waals surface area contributed by atoms with E-state index in [0.717, 1.165) is 59.4 Å². The lowest BCUT2D eigenvalue weighted by Gasteiger charge is -2.32. The summed E-state index contributed by atoms with van der Waals surface area (Å²) in [6, 6.07) is 5.28. The van der Waals surface area contributed by atoms with Crippen molar-refractivity contribution in [2.24, 2.45) is 0 Å². The van der Waals surface area contributed by atoms with Crippen LogP contribution in [0.15, 0.2) is 18.2 Å². The van der Waals surface area contributed by atoms with Crippen LogP contribution in [0.2, 0.25) is 10.0 Å². The predicted molar refractivity (Wildman–Crippen MR) is 133 cm³/mol. The maximum absolute atomic E-state index is 13.4. The van der Waals surface area contributed by atoms with Crippen molar-refractivity contribution in [3.05, 3.63) is 56.3 Å². The highest BCUT2D eigenvalue weighted by Crippen LogP contribution is 2.33. The Labute approximate surface area is 209 Å². The monoisotopic (exact) mass is 504 g/mol. The highest BCUT2D eigenvalue weighted by Gasteiger charge is 2.29. The van der Waals surface area contributed by atoms with Gasteiger partial charge in [-0.15, -0.1) is 0 Å². The van der Waals surface area contributed by atoms with Gasteiger partial charge in [0.05, 0.1) is 16.7 Å². The molecule has 0 radical (unpaired) electrons. The molecule has 0 saturated carbocycles. The number of nitrogen functional groups attached to an aromatic ring is 1. The number of alkyl carbamates (subject to hydrolysis) is 1. The van der Waals surface area contributed by atoms with Crippen LogP contribution in [0.4, 0.5) is 10.5 Å². The Morgan fingerprint density at radius 3 is 2.68 bits per heavy atom. The number of nitrogens with zero attached hydrogens (tertiary/aromatic N) is 2. The molecule has 1 unspecified atom stereocenters. The standard InChI is InChI=1S/C25H30Cl2N4O3/c1-2-34-25(33)29-13-16(15-7-8-19(26)20(27)11-15)12-23(32)31-10-9-22-18(14-31)24(28)17-5-3-4-6-21(17)30-22/h7-8,11,16H,2-6,9-10,12-14H2,1H3,(H2,28,30)(H,29,33). The molecule has 34 heavy (non-hydrogen) atoms. The van der Waals surface area contributed by atoms with Crippen LogP contribution in [0, 0.1) is 0 Å². The number of fused-ring (bicyclic) bond motifs is 2. The molecule has 1 aromatic carbocycles. The zero-order valence-electron chi connectivity index (χ0n) is 19.3. The first-order valence-corrected chi connectivity index (χ1v) is 12.5. The summed E-state index contributed by atoms with van der Waals surface area (Å²) < 4.78 is 4.98. The quantitative estimate of drug-likeness (QED) is 0.596. The van der Waals surface area contributed by atoms with E-state index in [1.165, 1.54) is 0 Å². The Hall–Kier alpha value is -2.51. The SMILES string of the molecule is CCOC(=O)NCC(CC(=O)N1CCc2nc3c(c(N)c2C1)CCCC3)c1ccc(Cl)c(Cl)c1. The lowest BCUT2D eigenvalue weighted by molar-refractivity contribution is -0.132. The molecule has 0 spiro atoms. The second-order valence-electron chi connectivity index (χ2n) is 8.82. The van der Waals surface area contributed by atoms with Gasteiger partial charge in [0.1, 0.15) is 0 Å². The van der Waals surface area contributed by atoms with E-state index in [1.54, 1.807) is 19.1 Å². The van der Waals surface area contributed by atoms with Crippen molar-refractivity contribution >= 4 is 40.9 Å². The van der Waals surface area contributed by atoms with Crippen LogP contribution in [-0.2, 0) is 35.3 Å². The Kier molecular flexibility index (Phi) is 7.84. The zero-order valence-corrected chi connectivity index (χ0v) is 20.8. The number of hydrogen-bond acceptors (Lipinski definition) is 5. The maximum atomic E-state index is 13.4. The van der Waals surface area contributed by atoms with E-state index in [4.69, 9.17) is 38.7 Å². The fourth-order valence-corrected chi connectivity index (χ4v) is 5.09. The average molecular weight is 505 g/mol. The van der Waals surface area contributed by atoms with E-state index >= 15 is 0 Å². The maximum Gasteiger partial charge on any atom is 0.407 e. The normalized spacial score (nSPS) is 15.8. The van der Waals surface area contributed by atoms with Crippen molar-refractivity contribution in [1.82, 2.24) is 15.2 Å². The van der Waals surface area contributed by atoms with Crippen molar-refractivity contribution in [2.75, 3.05) is 25.4 Å². The molecule has 1 aliphatic carbocycles. The van der Waals surface area contributed by atoms with E-state index in [0.29, 0.717) is 29.6 Å². The molecular formula is C25H30Cl2N4O3. The van der Waals surface area contributed by atoms with Crippen LogP contribution < -0.4 is 11.1 Å². The summed E-state index contributed by atoms with van der Waals surface area (Å²) in [5, 5.41) is 3.59. The van der Waals surface area contributed by atoms with Crippen molar-refractivity contribution < 1.29 is 14.3 Å². The molecule has 1 atom stereocenters. The van der Waals surface area contributed by atoms with E-state index in [-0.39, 0.29) is 31.4 Å². The average Bonchev–Trinajstić information content (AvgIpc) is 2.83. The van der Waals surface area contributed by atoms with Gasteiger partial charge >= 0.3 is 6.09 Å². The molecule has 0 bridgehead atoms. The highest BCUT2D eigenvalue weighted by atomic mass is 35.5. The molecule has 1 aliphatic heterocycles. The molecule has 7 nitrogen and oxygen atoms in total.